The lowest BCUT2D eigenvalue weighted by atomic mass is 9.80. The molecule has 4 N–H and O–H groups in total. The van der Waals surface area contributed by atoms with Crippen molar-refractivity contribution < 1.29 is 28.0 Å². The zero-order chi connectivity index (χ0) is 57.3. The Bertz CT molecular complexity index is 2760. The summed E-state index contributed by atoms with van der Waals surface area (Å²) < 4.78 is 29.5. The molecule has 22 heteroatoms. The SMILES string of the molecule is CC(=O)N(C)[C@@H]1CC[C@@H](CN(C)CCCc2ccc(F)cc2)[C@H](NC(=O)Nc2cccc(-c3nnnn3C)c2)C1.CC(=O)N(C)[C@H]1CC[C@@H](CN(C)CCCc2ccc(F)cc2)[C@H](NC(=O)Nc2cccc(-c3nnnn3C)c2)C1. The van der Waals surface area contributed by atoms with Gasteiger partial charge in [-0.2, -0.15) is 0 Å². The molecule has 2 fully saturated rings. The van der Waals surface area contributed by atoms with Crippen LogP contribution in [0.3, 0.4) is 0 Å². The fourth-order valence-corrected chi connectivity index (χ4v) is 10.9. The summed E-state index contributed by atoms with van der Waals surface area (Å²) in [7, 11) is 11.4. The Hall–Kier alpha value is -7.72. The van der Waals surface area contributed by atoms with Crippen molar-refractivity contribution in [2.45, 2.75) is 102 Å². The standard InChI is InChI=1S/2C29H39FN8O2/c2*1-20(39)37(3)26-15-12-23(19-36(2)16-6-7-21-10-13-24(30)14-11-21)27(18-26)32-29(40)31-25-9-5-8-22(17-25)28-33-34-35-38(28)4/h2*5,8-11,13-14,17,23,26-27H,6-7,12,15-16,18-19H2,1-4H3,(H2,31,32,40)/t23-,26+,27+;23-,26-,27+/m00/s1. The number of halogens is 2. The number of aromatic nitrogens is 8. The number of nitrogens with one attached hydrogen (secondary N) is 4. The van der Waals surface area contributed by atoms with Crippen molar-refractivity contribution in [1.82, 2.24) is 70.6 Å². The molecule has 428 valence electrons. The van der Waals surface area contributed by atoms with Crippen LogP contribution in [0.15, 0.2) is 97.1 Å². The van der Waals surface area contributed by atoms with Gasteiger partial charge in [-0.1, -0.05) is 48.5 Å². The average Bonchev–Trinajstić information content (AvgIpc) is 4.08. The van der Waals surface area contributed by atoms with Crippen LogP contribution >= 0.6 is 0 Å². The van der Waals surface area contributed by atoms with E-state index in [9.17, 15) is 28.0 Å². The van der Waals surface area contributed by atoms with Gasteiger partial charge in [0.05, 0.1) is 0 Å². The number of nitrogens with zero attached hydrogens (tertiary/aromatic N) is 12. The number of carbonyl (C=O) groups is 4. The van der Waals surface area contributed by atoms with E-state index in [0.29, 0.717) is 35.9 Å². The highest BCUT2D eigenvalue weighted by molar-refractivity contribution is 5.91. The van der Waals surface area contributed by atoms with Crippen LogP contribution in [0.2, 0.25) is 0 Å². The monoisotopic (exact) mass is 1100 g/mol. The van der Waals surface area contributed by atoms with Gasteiger partial charge in [0.1, 0.15) is 11.6 Å². The topological polar surface area (TPSA) is 217 Å². The Kier molecular flexibility index (Phi) is 21.7. The minimum atomic E-state index is -0.284. The van der Waals surface area contributed by atoms with Gasteiger partial charge in [-0.15, -0.1) is 10.2 Å². The summed E-state index contributed by atoms with van der Waals surface area (Å²) in [5, 5.41) is 35.5. The zero-order valence-corrected chi connectivity index (χ0v) is 47.4. The number of tetrazole rings is 2. The number of hydrogen-bond acceptors (Lipinski definition) is 12. The maximum atomic E-state index is 13.2. The van der Waals surface area contributed by atoms with Crippen molar-refractivity contribution in [3.8, 4) is 22.8 Å². The first-order valence-electron chi connectivity index (χ1n) is 27.5. The molecule has 2 heterocycles. The van der Waals surface area contributed by atoms with E-state index in [2.05, 4.69) is 76.2 Å². The number of benzene rings is 4. The lowest BCUT2D eigenvalue weighted by Crippen LogP contribution is -2.53. The van der Waals surface area contributed by atoms with Crippen LogP contribution in [0.5, 0.6) is 0 Å². The molecule has 2 aromatic heterocycles. The van der Waals surface area contributed by atoms with Crippen LogP contribution in [0.25, 0.3) is 22.8 Å². The molecule has 6 amide bonds. The molecule has 0 aliphatic heterocycles. The Balaban J connectivity index is 0.000000231. The molecule has 6 atom stereocenters. The second kappa shape index (κ2) is 28.9. The van der Waals surface area contributed by atoms with Gasteiger partial charge in [0.15, 0.2) is 11.6 Å². The van der Waals surface area contributed by atoms with Crippen LogP contribution in [-0.2, 0) is 36.5 Å². The molecule has 0 saturated heterocycles. The summed E-state index contributed by atoms with van der Waals surface area (Å²) in [5.41, 5.74) is 5.12. The minimum absolute atomic E-state index is 0.0274. The number of urea groups is 2. The number of anilines is 2. The quantitative estimate of drug-likeness (QED) is 0.0587. The number of rotatable bonds is 20. The number of hydrogen-bond donors (Lipinski definition) is 4. The lowest BCUT2D eigenvalue weighted by molar-refractivity contribution is -0.131. The Morgan fingerprint density at radius 1 is 0.562 bits per heavy atom. The first-order valence-corrected chi connectivity index (χ1v) is 27.5. The van der Waals surface area contributed by atoms with Crippen LogP contribution in [0, 0.1) is 23.5 Å². The predicted molar refractivity (Wildman–Crippen MR) is 304 cm³/mol. The molecule has 4 aromatic carbocycles. The second-order valence-corrected chi connectivity index (χ2v) is 21.5. The van der Waals surface area contributed by atoms with Crippen LogP contribution in [0.1, 0.15) is 76.3 Å². The molecule has 2 saturated carbocycles. The zero-order valence-electron chi connectivity index (χ0n) is 47.4. The molecule has 0 spiro atoms. The van der Waals surface area contributed by atoms with E-state index >= 15 is 0 Å². The molecule has 0 unspecified atom stereocenters. The summed E-state index contributed by atoms with van der Waals surface area (Å²) in [6.45, 7) is 6.62. The Labute approximate surface area is 468 Å². The first-order chi connectivity index (χ1) is 38.4. The predicted octanol–water partition coefficient (Wildman–Crippen LogP) is 7.44. The van der Waals surface area contributed by atoms with Gasteiger partial charge in [0.2, 0.25) is 11.8 Å². The highest BCUT2D eigenvalue weighted by Crippen LogP contribution is 2.31. The number of carbonyl (C=O) groups excluding carboxylic acids is 4. The van der Waals surface area contributed by atoms with Gasteiger partial charge in [0.25, 0.3) is 0 Å². The van der Waals surface area contributed by atoms with E-state index in [0.717, 1.165) is 99.8 Å². The van der Waals surface area contributed by atoms with Gasteiger partial charge < -0.3 is 40.9 Å². The maximum absolute atomic E-state index is 13.2. The lowest BCUT2D eigenvalue weighted by Gasteiger charge is -2.41. The van der Waals surface area contributed by atoms with Gasteiger partial charge in [-0.25, -0.2) is 27.7 Å². The van der Waals surface area contributed by atoms with Gasteiger partial charge in [-0.05, 0) is 184 Å². The molecule has 8 rings (SSSR count). The van der Waals surface area contributed by atoms with E-state index in [1.165, 1.54) is 24.3 Å². The summed E-state index contributed by atoms with van der Waals surface area (Å²) in [6, 6.07) is 27.5. The third-order valence-electron chi connectivity index (χ3n) is 15.6. The van der Waals surface area contributed by atoms with Gasteiger partial charge in [0, 0.05) is 102 Å². The molecule has 0 bridgehead atoms. The van der Waals surface area contributed by atoms with Crippen molar-refractivity contribution in [3.05, 3.63) is 120 Å². The van der Waals surface area contributed by atoms with Crippen LogP contribution in [0.4, 0.5) is 29.7 Å². The fraction of sp³-hybridized carbons (Fsp3) is 0.483. The van der Waals surface area contributed by atoms with Crippen LogP contribution in [-0.4, -0.2) is 162 Å². The summed E-state index contributed by atoms with van der Waals surface area (Å²) in [6.07, 6.45) is 8.69. The largest absolute Gasteiger partial charge is 0.343 e. The maximum Gasteiger partial charge on any atom is 0.319 e. The third-order valence-corrected chi connectivity index (χ3v) is 15.6. The molecule has 2 aliphatic carbocycles. The van der Waals surface area contributed by atoms with E-state index < -0.39 is 0 Å². The Morgan fingerprint density at radius 2 is 0.950 bits per heavy atom. The fourth-order valence-electron chi connectivity index (χ4n) is 10.9. The van der Waals surface area contributed by atoms with Crippen molar-refractivity contribution in [3.63, 3.8) is 0 Å². The molecular weight excluding hydrogens is 1020 g/mol. The smallest absolute Gasteiger partial charge is 0.319 e. The summed E-state index contributed by atoms with van der Waals surface area (Å²) >= 11 is 0. The van der Waals surface area contributed by atoms with Crippen molar-refractivity contribution in [2.24, 2.45) is 25.9 Å². The van der Waals surface area contributed by atoms with Gasteiger partial charge >= 0.3 is 12.1 Å². The highest BCUT2D eigenvalue weighted by atomic mass is 19.1. The van der Waals surface area contributed by atoms with E-state index in [-0.39, 0.29) is 71.5 Å². The summed E-state index contributed by atoms with van der Waals surface area (Å²) in [4.78, 5) is 58.6. The number of amides is 6. The molecule has 2 aliphatic rings. The molecule has 20 nitrogen and oxygen atoms in total. The third kappa shape index (κ3) is 17.6. The second-order valence-electron chi connectivity index (χ2n) is 21.5. The van der Waals surface area contributed by atoms with Crippen molar-refractivity contribution in [1.29, 1.82) is 0 Å². The van der Waals surface area contributed by atoms with E-state index in [1.807, 2.05) is 86.9 Å². The first kappa shape index (κ1) is 59.9. The van der Waals surface area contributed by atoms with Crippen LogP contribution < -0.4 is 21.3 Å². The highest BCUT2D eigenvalue weighted by Gasteiger charge is 2.36. The number of aryl methyl sites for hydroxylation is 4. The molecular formula is C58H78F2N16O4. The average molecular weight is 1100 g/mol. The van der Waals surface area contributed by atoms with Crippen molar-refractivity contribution >= 4 is 35.3 Å². The molecule has 80 heavy (non-hydrogen) atoms. The minimum Gasteiger partial charge on any atom is -0.343 e. The molecule has 6 aromatic rings. The van der Waals surface area contributed by atoms with E-state index in [1.54, 1.807) is 47.1 Å². The van der Waals surface area contributed by atoms with E-state index in [4.69, 9.17) is 0 Å². The summed E-state index contributed by atoms with van der Waals surface area (Å²) in [5.74, 6) is 1.32. The van der Waals surface area contributed by atoms with Crippen molar-refractivity contribution in [2.75, 3.05) is 65.0 Å². The normalized spacial score (nSPS) is 18.9. The Morgan fingerprint density at radius 3 is 1.30 bits per heavy atom. The van der Waals surface area contributed by atoms with Gasteiger partial charge in [-0.3, -0.25) is 9.59 Å². The molecule has 0 radical (unpaired) electrons.